The first kappa shape index (κ1) is 22.1. The first-order chi connectivity index (χ1) is 15.6. The number of ether oxygens (including phenoxy) is 3. The molecule has 0 unspecified atom stereocenters. The molecule has 0 spiro atoms. The van der Waals surface area contributed by atoms with Gasteiger partial charge >= 0.3 is 0 Å². The molecule has 8 nitrogen and oxygen atoms in total. The molecule has 0 bridgehead atoms. The summed E-state index contributed by atoms with van der Waals surface area (Å²) in [6.07, 6.45) is 1.89. The average Bonchev–Trinajstić information content (AvgIpc) is 3.26. The van der Waals surface area contributed by atoms with Crippen LogP contribution in [-0.2, 0) is 4.74 Å². The maximum Gasteiger partial charge on any atom is 0.287 e. The van der Waals surface area contributed by atoms with Gasteiger partial charge in [0.1, 0.15) is 34.8 Å². The van der Waals surface area contributed by atoms with Crippen LogP contribution < -0.4 is 20.3 Å². The van der Waals surface area contributed by atoms with Crippen LogP contribution in [0.25, 0.3) is 11.0 Å². The Morgan fingerprint density at radius 3 is 2.59 bits per heavy atom. The lowest BCUT2D eigenvalue weighted by Crippen LogP contribution is -2.27. The molecular formula is C23H24N2O6S. The monoisotopic (exact) mass is 456 g/mol. The Morgan fingerprint density at radius 2 is 1.84 bits per heavy atom. The summed E-state index contributed by atoms with van der Waals surface area (Å²) in [5.74, 6) is 1.31. The summed E-state index contributed by atoms with van der Waals surface area (Å²) in [5, 5.41) is 12.4. The summed E-state index contributed by atoms with van der Waals surface area (Å²) in [6.45, 7) is 2.03. The molecule has 0 radical (unpaired) electrons. The Bertz CT molecular complexity index is 1080. The van der Waals surface area contributed by atoms with Crippen molar-refractivity contribution in [3.8, 4) is 11.5 Å². The Balaban J connectivity index is 1.27. The van der Waals surface area contributed by atoms with Gasteiger partial charge in [0, 0.05) is 23.8 Å². The molecule has 1 fully saturated rings. The zero-order valence-corrected chi connectivity index (χ0v) is 18.2. The van der Waals surface area contributed by atoms with Crippen LogP contribution in [0.1, 0.15) is 29.0 Å². The van der Waals surface area contributed by atoms with E-state index in [4.69, 9.17) is 36.1 Å². The fourth-order valence-corrected chi connectivity index (χ4v) is 3.52. The highest BCUT2D eigenvalue weighted by Gasteiger charge is 2.17. The third-order valence-electron chi connectivity index (χ3n) is 5.06. The Labute approximate surface area is 190 Å². The number of carbonyl (C=O) groups is 1. The second-order valence-corrected chi connectivity index (χ2v) is 7.72. The van der Waals surface area contributed by atoms with Crippen molar-refractivity contribution in [3.63, 3.8) is 0 Å². The van der Waals surface area contributed by atoms with E-state index in [0.717, 1.165) is 24.0 Å². The van der Waals surface area contributed by atoms with Crippen molar-refractivity contribution < 1.29 is 28.6 Å². The van der Waals surface area contributed by atoms with Gasteiger partial charge in [-0.3, -0.25) is 15.5 Å². The number of nitrogens with one attached hydrogen (secondary N) is 2. The van der Waals surface area contributed by atoms with Gasteiger partial charge in [-0.15, -0.1) is 0 Å². The number of hydrogen-bond acceptors (Lipinski definition) is 7. The third kappa shape index (κ3) is 5.56. The van der Waals surface area contributed by atoms with E-state index < -0.39 is 0 Å². The number of fused-ring (bicyclic) bond motifs is 1. The molecule has 3 N–H and O–H groups in total. The average molecular weight is 457 g/mol. The molecule has 1 saturated heterocycles. The molecule has 168 valence electrons. The predicted molar refractivity (Wildman–Crippen MR) is 122 cm³/mol. The molecule has 1 aliphatic rings. The van der Waals surface area contributed by atoms with Crippen molar-refractivity contribution in [1.29, 1.82) is 0 Å². The van der Waals surface area contributed by atoms with E-state index in [1.165, 1.54) is 0 Å². The van der Waals surface area contributed by atoms with E-state index in [9.17, 15) is 4.79 Å². The Kier molecular flexibility index (Phi) is 7.21. The summed E-state index contributed by atoms with van der Waals surface area (Å²) in [4.78, 5) is 12.7. The summed E-state index contributed by atoms with van der Waals surface area (Å²) in [5.41, 5.74) is 3.24. The van der Waals surface area contributed by atoms with Gasteiger partial charge in [0.25, 0.3) is 5.91 Å². The standard InChI is InChI=1S/C23H24N2O6S/c26-22(24-9-12-29-17-3-1-15(2-4-17)23(32)25-27)21-14-16-13-19(5-6-20(16)31-21)30-18-7-10-28-11-8-18/h1-6,13-14,18,27H,7-12H2,(H,24,26)(H,25,32). The molecular weight excluding hydrogens is 432 g/mol. The highest BCUT2D eigenvalue weighted by atomic mass is 32.1. The first-order valence-electron chi connectivity index (χ1n) is 10.4. The summed E-state index contributed by atoms with van der Waals surface area (Å²) in [6, 6.07) is 14.2. The van der Waals surface area contributed by atoms with Crippen LogP contribution in [0.5, 0.6) is 11.5 Å². The Hall–Kier alpha value is -3.14. The minimum absolute atomic E-state index is 0.148. The van der Waals surface area contributed by atoms with Crippen molar-refractivity contribution in [1.82, 2.24) is 10.8 Å². The predicted octanol–water partition coefficient (Wildman–Crippen LogP) is 3.45. The zero-order chi connectivity index (χ0) is 22.3. The molecule has 1 amide bonds. The number of rotatable bonds is 8. The molecule has 2 heterocycles. The van der Waals surface area contributed by atoms with Crippen LogP contribution in [0.4, 0.5) is 0 Å². The maximum absolute atomic E-state index is 12.4. The lowest BCUT2D eigenvalue weighted by Gasteiger charge is -2.23. The van der Waals surface area contributed by atoms with Gasteiger partial charge in [0.2, 0.25) is 0 Å². The van der Waals surface area contributed by atoms with E-state index in [1.807, 2.05) is 23.7 Å². The van der Waals surface area contributed by atoms with Gasteiger partial charge in [0.05, 0.1) is 19.8 Å². The number of carbonyl (C=O) groups excluding carboxylic acids is 1. The van der Waals surface area contributed by atoms with E-state index in [1.54, 1.807) is 30.3 Å². The second kappa shape index (κ2) is 10.4. The van der Waals surface area contributed by atoms with Crippen LogP contribution >= 0.6 is 12.2 Å². The van der Waals surface area contributed by atoms with Crippen LogP contribution in [0.2, 0.25) is 0 Å². The molecule has 0 saturated carbocycles. The molecule has 32 heavy (non-hydrogen) atoms. The van der Waals surface area contributed by atoms with Crippen LogP contribution in [0, 0.1) is 0 Å². The van der Waals surface area contributed by atoms with E-state index >= 15 is 0 Å². The van der Waals surface area contributed by atoms with Gasteiger partial charge in [-0.1, -0.05) is 12.2 Å². The maximum atomic E-state index is 12.4. The number of hydrogen-bond donors (Lipinski definition) is 3. The van der Waals surface area contributed by atoms with E-state index in [0.29, 0.717) is 36.7 Å². The normalized spacial score (nSPS) is 14.2. The molecule has 4 rings (SSSR count). The first-order valence-corrected chi connectivity index (χ1v) is 10.8. The lowest BCUT2D eigenvalue weighted by molar-refractivity contribution is 0.0256. The molecule has 2 aromatic carbocycles. The number of benzene rings is 2. The van der Waals surface area contributed by atoms with Crippen molar-refractivity contribution in [3.05, 3.63) is 59.9 Å². The SMILES string of the molecule is O=C(NCCOc1ccc(C(=S)NO)cc1)c1cc2cc(OC3CCOCC3)ccc2o1. The van der Waals surface area contributed by atoms with Gasteiger partial charge in [-0.2, -0.15) is 0 Å². The summed E-state index contributed by atoms with van der Waals surface area (Å²) >= 11 is 4.94. The van der Waals surface area contributed by atoms with Crippen LogP contribution in [0.15, 0.2) is 52.9 Å². The van der Waals surface area contributed by atoms with Crippen LogP contribution in [-0.4, -0.2) is 48.6 Å². The molecule has 9 heteroatoms. The van der Waals surface area contributed by atoms with Gasteiger partial charge in [-0.25, -0.2) is 0 Å². The number of thiocarbonyl (C=S) groups is 1. The van der Waals surface area contributed by atoms with Crippen molar-refractivity contribution in [2.75, 3.05) is 26.4 Å². The van der Waals surface area contributed by atoms with Crippen molar-refractivity contribution in [2.45, 2.75) is 18.9 Å². The number of hydroxylamine groups is 1. The molecule has 3 aromatic rings. The van der Waals surface area contributed by atoms with Crippen LogP contribution in [0.3, 0.4) is 0 Å². The summed E-state index contributed by atoms with van der Waals surface area (Å²) in [7, 11) is 0. The van der Waals surface area contributed by atoms with Gasteiger partial charge < -0.3 is 23.9 Å². The minimum atomic E-state index is -0.314. The Morgan fingerprint density at radius 1 is 1.09 bits per heavy atom. The van der Waals surface area contributed by atoms with Crippen molar-refractivity contribution in [2.24, 2.45) is 0 Å². The molecule has 1 aromatic heterocycles. The highest BCUT2D eigenvalue weighted by Crippen LogP contribution is 2.26. The van der Waals surface area contributed by atoms with Crippen molar-refractivity contribution >= 4 is 34.1 Å². The topological polar surface area (TPSA) is 102 Å². The van der Waals surface area contributed by atoms with Gasteiger partial charge in [-0.05, 0) is 48.5 Å². The third-order valence-corrected chi connectivity index (χ3v) is 5.38. The fourth-order valence-electron chi connectivity index (χ4n) is 3.38. The summed E-state index contributed by atoms with van der Waals surface area (Å²) < 4.78 is 22.7. The van der Waals surface area contributed by atoms with E-state index in [2.05, 4.69) is 5.32 Å². The number of furan rings is 1. The lowest BCUT2D eigenvalue weighted by atomic mass is 10.1. The fraction of sp³-hybridized carbons (Fsp3) is 0.304. The zero-order valence-electron chi connectivity index (χ0n) is 17.3. The quantitative estimate of drug-likeness (QED) is 0.269. The molecule has 0 aliphatic carbocycles. The largest absolute Gasteiger partial charge is 0.492 e. The highest BCUT2D eigenvalue weighted by molar-refractivity contribution is 7.80. The van der Waals surface area contributed by atoms with E-state index in [-0.39, 0.29) is 29.4 Å². The molecule has 0 atom stereocenters. The second-order valence-electron chi connectivity index (χ2n) is 7.31. The minimum Gasteiger partial charge on any atom is -0.492 e. The molecule has 1 aliphatic heterocycles. The smallest absolute Gasteiger partial charge is 0.287 e. The van der Waals surface area contributed by atoms with Gasteiger partial charge in [0.15, 0.2) is 5.76 Å². The number of amides is 1.